The van der Waals surface area contributed by atoms with Crippen LogP contribution in [0.4, 0.5) is 5.69 Å². The number of ether oxygens (including phenoxy) is 1. The van der Waals surface area contributed by atoms with Crippen molar-refractivity contribution in [2.75, 3.05) is 18.1 Å². The molecule has 0 radical (unpaired) electrons. The molecule has 0 atom stereocenters. The summed E-state index contributed by atoms with van der Waals surface area (Å²) in [5.41, 5.74) is 8.12. The smallest absolute Gasteiger partial charge is 0.350 e. The number of hydrogen-bond donors (Lipinski definition) is 1. The number of nitrogens with two attached hydrogens (primary N) is 1. The van der Waals surface area contributed by atoms with Gasteiger partial charge in [0, 0.05) is 11.3 Å². The minimum atomic E-state index is -0.428. The quantitative estimate of drug-likeness (QED) is 0.250. The monoisotopic (exact) mass is 391 g/mol. The van der Waals surface area contributed by atoms with Crippen LogP contribution in [0.15, 0.2) is 28.2 Å². The third kappa shape index (κ3) is 3.86. The molecular weight excluding hydrogens is 370 g/mol. The number of rotatable bonds is 8. The summed E-state index contributed by atoms with van der Waals surface area (Å²) in [6.45, 7) is 4.24. The number of nitrogen functional groups attached to an aromatic ring is 1. The molecule has 0 spiro atoms. The summed E-state index contributed by atoms with van der Waals surface area (Å²) in [7, 11) is 0. The second-order valence-electron chi connectivity index (χ2n) is 5.67. The standard InChI is InChI=1S/C18H21N3O3S2/c1-3-5-6-9-25-18-20-14(11-7-8-23-10-11)12-13(19)15(17(22)24-4-2)26-16(12)21-18/h7-8,10H,3-6,9,19H2,1-2H3. The fraction of sp³-hybridized carbons (Fsp3) is 0.389. The molecule has 0 saturated heterocycles. The van der Waals surface area contributed by atoms with Gasteiger partial charge in [0.25, 0.3) is 0 Å². The fourth-order valence-electron chi connectivity index (χ4n) is 2.54. The van der Waals surface area contributed by atoms with Gasteiger partial charge in [0.1, 0.15) is 9.71 Å². The lowest BCUT2D eigenvalue weighted by Crippen LogP contribution is -2.05. The number of esters is 1. The van der Waals surface area contributed by atoms with Crippen LogP contribution < -0.4 is 5.73 Å². The summed E-state index contributed by atoms with van der Waals surface area (Å²) < 4.78 is 10.3. The van der Waals surface area contributed by atoms with E-state index in [0.717, 1.165) is 17.7 Å². The molecule has 3 aromatic rings. The van der Waals surface area contributed by atoms with Crippen molar-refractivity contribution in [2.45, 2.75) is 38.3 Å². The second-order valence-corrected chi connectivity index (χ2v) is 7.73. The Morgan fingerprint density at radius 1 is 1.35 bits per heavy atom. The van der Waals surface area contributed by atoms with E-state index in [1.807, 2.05) is 6.07 Å². The predicted molar refractivity (Wildman–Crippen MR) is 106 cm³/mol. The van der Waals surface area contributed by atoms with E-state index in [1.54, 1.807) is 31.2 Å². The van der Waals surface area contributed by atoms with E-state index in [4.69, 9.17) is 14.9 Å². The summed E-state index contributed by atoms with van der Waals surface area (Å²) in [4.78, 5) is 22.6. The molecule has 0 saturated carbocycles. The first kappa shape index (κ1) is 18.7. The van der Waals surface area contributed by atoms with Gasteiger partial charge >= 0.3 is 5.97 Å². The van der Waals surface area contributed by atoms with E-state index in [1.165, 1.54) is 24.2 Å². The number of aromatic nitrogens is 2. The third-order valence-corrected chi connectivity index (χ3v) is 5.82. The topological polar surface area (TPSA) is 91.2 Å². The maximum absolute atomic E-state index is 12.2. The number of carbonyl (C=O) groups excluding carboxylic acids is 1. The van der Waals surface area contributed by atoms with Crippen LogP contribution in [0, 0.1) is 0 Å². The Hall–Kier alpha value is -2.06. The first-order valence-corrected chi connectivity index (χ1v) is 10.4. The van der Waals surface area contributed by atoms with Crippen molar-refractivity contribution >= 4 is 45.0 Å². The lowest BCUT2D eigenvalue weighted by molar-refractivity contribution is 0.0533. The van der Waals surface area contributed by atoms with Crippen LogP contribution in [0.3, 0.4) is 0 Å². The normalized spacial score (nSPS) is 11.2. The first-order chi connectivity index (χ1) is 12.7. The highest BCUT2D eigenvalue weighted by molar-refractivity contribution is 7.99. The molecule has 0 bridgehead atoms. The highest BCUT2D eigenvalue weighted by Crippen LogP contribution is 2.40. The molecule has 3 rings (SSSR count). The number of hydrogen-bond acceptors (Lipinski definition) is 8. The summed E-state index contributed by atoms with van der Waals surface area (Å²) >= 11 is 2.86. The molecule has 0 aromatic carbocycles. The molecule has 0 unspecified atom stereocenters. The van der Waals surface area contributed by atoms with Gasteiger partial charge in [-0.15, -0.1) is 11.3 Å². The molecule has 0 aliphatic heterocycles. The van der Waals surface area contributed by atoms with Gasteiger partial charge in [0.05, 0.1) is 35.9 Å². The molecule has 0 aliphatic rings. The van der Waals surface area contributed by atoms with E-state index in [9.17, 15) is 4.79 Å². The average molecular weight is 392 g/mol. The summed E-state index contributed by atoms with van der Waals surface area (Å²) in [5.74, 6) is 0.527. The van der Waals surface area contributed by atoms with E-state index in [2.05, 4.69) is 16.9 Å². The molecule has 26 heavy (non-hydrogen) atoms. The molecule has 0 fully saturated rings. The zero-order chi connectivity index (χ0) is 18.5. The minimum absolute atomic E-state index is 0.297. The van der Waals surface area contributed by atoms with Crippen molar-refractivity contribution in [3.63, 3.8) is 0 Å². The van der Waals surface area contributed by atoms with Crippen LogP contribution in [-0.2, 0) is 4.74 Å². The number of thioether (sulfide) groups is 1. The van der Waals surface area contributed by atoms with Crippen molar-refractivity contribution in [2.24, 2.45) is 0 Å². The average Bonchev–Trinajstić information content (AvgIpc) is 3.27. The number of nitrogens with zero attached hydrogens (tertiary/aromatic N) is 2. The van der Waals surface area contributed by atoms with Crippen LogP contribution in [-0.4, -0.2) is 28.3 Å². The van der Waals surface area contributed by atoms with Crippen molar-refractivity contribution < 1.29 is 13.9 Å². The number of fused-ring (bicyclic) bond motifs is 1. The Bertz CT molecular complexity index is 891. The molecule has 6 nitrogen and oxygen atoms in total. The minimum Gasteiger partial charge on any atom is -0.472 e. The van der Waals surface area contributed by atoms with Gasteiger partial charge < -0.3 is 14.9 Å². The van der Waals surface area contributed by atoms with Crippen LogP contribution >= 0.6 is 23.1 Å². The molecular formula is C18H21N3O3S2. The Labute approximate surface area is 160 Å². The van der Waals surface area contributed by atoms with Crippen LogP contribution in [0.2, 0.25) is 0 Å². The highest BCUT2D eigenvalue weighted by atomic mass is 32.2. The van der Waals surface area contributed by atoms with E-state index >= 15 is 0 Å². The fourth-order valence-corrected chi connectivity index (χ4v) is 4.43. The van der Waals surface area contributed by atoms with Crippen LogP contribution in [0.5, 0.6) is 0 Å². The number of furan rings is 1. The van der Waals surface area contributed by atoms with Gasteiger partial charge in [-0.1, -0.05) is 31.5 Å². The van der Waals surface area contributed by atoms with Crippen LogP contribution in [0.1, 0.15) is 42.8 Å². The number of unbranched alkanes of at least 4 members (excludes halogenated alkanes) is 2. The molecule has 0 amide bonds. The SMILES string of the molecule is CCCCCSc1nc(-c2ccoc2)c2c(N)c(C(=O)OCC)sc2n1. The summed E-state index contributed by atoms with van der Waals surface area (Å²) in [6, 6.07) is 1.83. The number of carbonyl (C=O) groups is 1. The molecule has 8 heteroatoms. The third-order valence-electron chi connectivity index (χ3n) is 3.80. The Morgan fingerprint density at radius 3 is 2.88 bits per heavy atom. The van der Waals surface area contributed by atoms with Gasteiger partial charge in [-0.3, -0.25) is 0 Å². The zero-order valence-electron chi connectivity index (χ0n) is 14.8. The molecule has 2 N–H and O–H groups in total. The Morgan fingerprint density at radius 2 is 2.19 bits per heavy atom. The Kier molecular flexibility index (Phi) is 6.16. The Balaban J connectivity index is 2.05. The lowest BCUT2D eigenvalue weighted by Gasteiger charge is -2.05. The number of thiophene rings is 1. The maximum atomic E-state index is 12.2. The predicted octanol–water partition coefficient (Wildman–Crippen LogP) is 4.99. The van der Waals surface area contributed by atoms with Gasteiger partial charge in [0.15, 0.2) is 5.16 Å². The lowest BCUT2D eigenvalue weighted by atomic mass is 10.1. The molecule has 3 heterocycles. The second kappa shape index (κ2) is 8.55. The molecule has 3 aromatic heterocycles. The van der Waals surface area contributed by atoms with Crippen molar-refractivity contribution in [3.8, 4) is 11.3 Å². The van der Waals surface area contributed by atoms with E-state index < -0.39 is 5.97 Å². The largest absolute Gasteiger partial charge is 0.472 e. The van der Waals surface area contributed by atoms with Gasteiger partial charge in [0.2, 0.25) is 0 Å². The van der Waals surface area contributed by atoms with Crippen molar-refractivity contribution in [1.82, 2.24) is 9.97 Å². The highest BCUT2D eigenvalue weighted by Gasteiger charge is 2.23. The molecule has 138 valence electrons. The van der Waals surface area contributed by atoms with Crippen LogP contribution in [0.25, 0.3) is 21.5 Å². The summed E-state index contributed by atoms with van der Waals surface area (Å²) in [6.07, 6.45) is 6.68. The maximum Gasteiger partial charge on any atom is 0.350 e. The van der Waals surface area contributed by atoms with Gasteiger partial charge in [-0.25, -0.2) is 14.8 Å². The van der Waals surface area contributed by atoms with Crippen molar-refractivity contribution in [3.05, 3.63) is 23.5 Å². The van der Waals surface area contributed by atoms with E-state index in [0.29, 0.717) is 38.2 Å². The molecule has 0 aliphatic carbocycles. The first-order valence-electron chi connectivity index (χ1n) is 8.58. The zero-order valence-corrected chi connectivity index (χ0v) is 16.4. The van der Waals surface area contributed by atoms with Gasteiger partial charge in [-0.2, -0.15) is 0 Å². The van der Waals surface area contributed by atoms with E-state index in [-0.39, 0.29) is 0 Å². The van der Waals surface area contributed by atoms with Gasteiger partial charge in [-0.05, 0) is 19.4 Å². The number of anilines is 1. The summed E-state index contributed by atoms with van der Waals surface area (Å²) in [5, 5.41) is 1.36. The van der Waals surface area contributed by atoms with Crippen molar-refractivity contribution in [1.29, 1.82) is 0 Å².